The fraction of sp³-hybridized carbons (Fsp3) is 0.545. The minimum Gasteiger partial charge on any atom is -0.466 e. The van der Waals surface area contributed by atoms with E-state index in [4.69, 9.17) is 0 Å². The summed E-state index contributed by atoms with van der Waals surface area (Å²) in [6.45, 7) is 1.96. The number of rotatable bonds is 4. The maximum absolute atomic E-state index is 11.5. The molecule has 0 spiro atoms. The summed E-state index contributed by atoms with van der Waals surface area (Å²) in [6.07, 6.45) is 2.45. The van der Waals surface area contributed by atoms with E-state index >= 15 is 0 Å². The van der Waals surface area contributed by atoms with Crippen molar-refractivity contribution in [2.24, 2.45) is 0 Å². The van der Waals surface area contributed by atoms with E-state index in [0.29, 0.717) is 24.2 Å². The fourth-order valence-electron chi connectivity index (χ4n) is 1.42. The molecule has 0 unspecified atom stereocenters. The van der Waals surface area contributed by atoms with E-state index in [0.717, 1.165) is 16.7 Å². The van der Waals surface area contributed by atoms with Crippen LogP contribution in [0.2, 0.25) is 0 Å². The Hall–Kier alpha value is -1.30. The Morgan fingerprint density at radius 3 is 2.76 bits per heavy atom. The molecule has 1 aliphatic rings. The predicted molar refractivity (Wildman–Crippen MR) is 64.6 cm³/mol. The smallest absolute Gasteiger partial charge is 0.333 e. The van der Waals surface area contributed by atoms with Crippen molar-refractivity contribution in [3.63, 3.8) is 0 Å². The van der Waals surface area contributed by atoms with Crippen LogP contribution in [0.25, 0.3) is 0 Å². The monoisotopic (exact) mass is 257 g/mol. The van der Waals surface area contributed by atoms with Crippen LogP contribution in [0.15, 0.2) is 11.6 Å². The van der Waals surface area contributed by atoms with E-state index < -0.39 is 5.97 Å². The van der Waals surface area contributed by atoms with E-state index in [-0.39, 0.29) is 17.7 Å². The number of ether oxygens (including phenoxy) is 1. The minimum absolute atomic E-state index is 0.142. The number of carbonyl (C=O) groups is 3. The van der Waals surface area contributed by atoms with Crippen molar-refractivity contribution < 1.29 is 19.1 Å². The van der Waals surface area contributed by atoms with Crippen LogP contribution in [-0.4, -0.2) is 41.4 Å². The Labute approximate surface area is 104 Å². The van der Waals surface area contributed by atoms with E-state index in [1.165, 1.54) is 7.11 Å². The Morgan fingerprint density at radius 1 is 1.53 bits per heavy atom. The van der Waals surface area contributed by atoms with Gasteiger partial charge in [-0.25, -0.2) is 4.79 Å². The first kappa shape index (κ1) is 13.8. The number of imide groups is 1. The van der Waals surface area contributed by atoms with Gasteiger partial charge < -0.3 is 4.74 Å². The topological polar surface area (TPSA) is 63.7 Å². The highest BCUT2D eigenvalue weighted by Gasteiger charge is 2.25. The molecule has 5 nitrogen and oxygen atoms in total. The highest BCUT2D eigenvalue weighted by Crippen LogP contribution is 2.18. The number of nitrogens with zero attached hydrogens (tertiary/aromatic N) is 1. The molecular formula is C11H15NO4S. The highest BCUT2D eigenvalue weighted by atomic mass is 32.2. The third kappa shape index (κ3) is 3.59. The number of thioether (sulfide) groups is 1. The molecule has 1 fully saturated rings. The molecule has 1 rings (SSSR count). The van der Waals surface area contributed by atoms with Crippen LogP contribution in [0, 0.1) is 0 Å². The third-order valence-electron chi connectivity index (χ3n) is 2.41. The number of esters is 1. The van der Waals surface area contributed by atoms with Crippen LogP contribution in [0.1, 0.15) is 19.8 Å². The zero-order valence-corrected chi connectivity index (χ0v) is 10.7. The fourth-order valence-corrected chi connectivity index (χ4v) is 2.20. The lowest BCUT2D eigenvalue weighted by atomic mass is 10.2. The number of carbonyl (C=O) groups excluding carboxylic acids is 3. The van der Waals surface area contributed by atoms with Crippen molar-refractivity contribution in [1.29, 1.82) is 0 Å². The molecule has 1 heterocycles. The van der Waals surface area contributed by atoms with E-state index in [1.807, 2.05) is 6.92 Å². The molecule has 0 radical (unpaired) electrons. The lowest BCUT2D eigenvalue weighted by Gasteiger charge is -2.22. The predicted octanol–water partition coefficient (Wildman–Crippen LogP) is 1.58. The molecule has 0 N–H and O–H groups in total. The molecule has 0 aromatic rings. The second-order valence-corrected chi connectivity index (χ2v) is 4.49. The number of hydrogen-bond donors (Lipinski definition) is 0. The summed E-state index contributed by atoms with van der Waals surface area (Å²) in [5.74, 6) is -0.0717. The zero-order chi connectivity index (χ0) is 12.8. The molecule has 0 saturated carbocycles. The first-order valence-corrected chi connectivity index (χ1v) is 6.33. The van der Waals surface area contributed by atoms with Crippen LogP contribution >= 0.6 is 11.8 Å². The zero-order valence-electron chi connectivity index (χ0n) is 9.89. The third-order valence-corrected chi connectivity index (χ3v) is 3.29. The average Bonchev–Trinajstić information content (AvgIpc) is 2.32. The molecular weight excluding hydrogens is 242 g/mol. The Morgan fingerprint density at radius 2 is 2.24 bits per heavy atom. The number of hydrogen-bond acceptors (Lipinski definition) is 5. The normalized spacial score (nSPS) is 17.3. The van der Waals surface area contributed by atoms with Crippen molar-refractivity contribution in [1.82, 2.24) is 4.90 Å². The van der Waals surface area contributed by atoms with Gasteiger partial charge in [0.1, 0.15) is 0 Å². The SMILES string of the molecule is CCC(=CCN1C(=O)CCSC1=O)C(=O)OC. The molecule has 0 aromatic heterocycles. The van der Waals surface area contributed by atoms with E-state index in [1.54, 1.807) is 6.08 Å². The average molecular weight is 257 g/mol. The van der Waals surface area contributed by atoms with Crippen LogP contribution in [0.5, 0.6) is 0 Å². The highest BCUT2D eigenvalue weighted by molar-refractivity contribution is 8.13. The van der Waals surface area contributed by atoms with Crippen LogP contribution in [0.3, 0.4) is 0 Å². The summed E-state index contributed by atoms with van der Waals surface area (Å²) in [5, 5.41) is -0.252. The standard InChI is InChI=1S/C11H15NO4S/c1-3-8(10(14)16-2)4-6-12-9(13)5-7-17-11(12)15/h4H,3,5-7H2,1-2H3. The van der Waals surface area contributed by atoms with Gasteiger partial charge in [-0.05, 0) is 6.42 Å². The molecule has 6 heteroatoms. The van der Waals surface area contributed by atoms with Gasteiger partial charge >= 0.3 is 5.97 Å². The van der Waals surface area contributed by atoms with Crippen LogP contribution < -0.4 is 0 Å². The molecule has 1 saturated heterocycles. The van der Waals surface area contributed by atoms with Gasteiger partial charge in [0.2, 0.25) is 5.91 Å². The molecule has 94 valence electrons. The summed E-state index contributed by atoms with van der Waals surface area (Å²) in [4.78, 5) is 35.4. The molecule has 0 atom stereocenters. The minimum atomic E-state index is -0.419. The maximum Gasteiger partial charge on any atom is 0.333 e. The molecule has 0 aliphatic carbocycles. The van der Waals surface area contributed by atoms with Gasteiger partial charge in [-0.15, -0.1) is 0 Å². The second kappa shape index (κ2) is 6.44. The van der Waals surface area contributed by atoms with E-state index in [2.05, 4.69) is 4.74 Å². The first-order valence-electron chi connectivity index (χ1n) is 5.34. The Kier molecular flexibility index (Phi) is 5.21. The van der Waals surface area contributed by atoms with Gasteiger partial charge in [-0.1, -0.05) is 24.8 Å². The lowest BCUT2D eigenvalue weighted by Crippen LogP contribution is -2.38. The van der Waals surface area contributed by atoms with Crippen LogP contribution in [-0.2, 0) is 14.3 Å². The summed E-state index contributed by atoms with van der Waals surface area (Å²) in [7, 11) is 1.30. The quantitative estimate of drug-likeness (QED) is 0.565. The summed E-state index contributed by atoms with van der Waals surface area (Å²) in [6, 6.07) is 0. The van der Waals surface area contributed by atoms with E-state index in [9.17, 15) is 14.4 Å². The molecule has 0 aromatic carbocycles. The lowest BCUT2D eigenvalue weighted by molar-refractivity contribution is -0.136. The summed E-state index contributed by atoms with van der Waals surface area (Å²) >= 11 is 1.12. The second-order valence-electron chi connectivity index (χ2n) is 3.44. The number of amides is 2. The Balaban J connectivity index is 2.69. The largest absolute Gasteiger partial charge is 0.466 e. The maximum atomic E-state index is 11.5. The van der Waals surface area contributed by atoms with Crippen molar-refractivity contribution in [3.8, 4) is 0 Å². The van der Waals surface area contributed by atoms with Gasteiger partial charge in [0, 0.05) is 24.3 Å². The van der Waals surface area contributed by atoms with Crippen LogP contribution in [0.4, 0.5) is 4.79 Å². The molecule has 1 aliphatic heterocycles. The van der Waals surface area contributed by atoms with Gasteiger partial charge in [0.25, 0.3) is 5.24 Å². The van der Waals surface area contributed by atoms with Gasteiger partial charge in [0.15, 0.2) is 0 Å². The Bertz CT molecular complexity index is 348. The van der Waals surface area contributed by atoms with Gasteiger partial charge in [-0.3, -0.25) is 14.5 Å². The number of methoxy groups -OCH3 is 1. The summed E-state index contributed by atoms with van der Waals surface area (Å²) in [5.41, 5.74) is 0.476. The summed E-state index contributed by atoms with van der Waals surface area (Å²) < 4.78 is 4.60. The van der Waals surface area contributed by atoms with Crippen molar-refractivity contribution in [2.75, 3.05) is 19.4 Å². The van der Waals surface area contributed by atoms with Gasteiger partial charge in [-0.2, -0.15) is 0 Å². The van der Waals surface area contributed by atoms with Crippen molar-refractivity contribution >= 4 is 28.9 Å². The van der Waals surface area contributed by atoms with Crippen molar-refractivity contribution in [2.45, 2.75) is 19.8 Å². The molecule has 2 amide bonds. The van der Waals surface area contributed by atoms with Crippen molar-refractivity contribution in [3.05, 3.63) is 11.6 Å². The molecule has 17 heavy (non-hydrogen) atoms. The first-order chi connectivity index (χ1) is 8.10. The van der Waals surface area contributed by atoms with Gasteiger partial charge in [0.05, 0.1) is 7.11 Å². The molecule has 0 bridgehead atoms.